The van der Waals surface area contributed by atoms with Crippen LogP contribution in [0.25, 0.3) is 32.8 Å². The van der Waals surface area contributed by atoms with E-state index in [1.165, 1.54) is 12.1 Å². The summed E-state index contributed by atoms with van der Waals surface area (Å²) < 4.78 is 26.4. The maximum absolute atomic E-state index is 14.4. The third kappa shape index (κ3) is 6.16. The van der Waals surface area contributed by atoms with Crippen molar-refractivity contribution in [3.63, 3.8) is 0 Å². The molecular formula is C38H40ClFN6O3S. The van der Waals surface area contributed by atoms with Crippen molar-refractivity contribution in [3.8, 4) is 16.9 Å². The van der Waals surface area contributed by atoms with Crippen LogP contribution in [0.4, 0.5) is 4.39 Å². The SMILES string of the molecule is Cc1c(C(=O)O)n2c3ccc(Cl)c(c13)-c1c(nn(C)c1C)CN(C(C)C)Cc1cc(n(C)n1)CSc1cc(c3ccc(F)cc3c1)OCCC2. The maximum Gasteiger partial charge on any atom is 0.352 e. The average Bonchev–Trinajstić information content (AvgIpc) is 3.66. The molecule has 3 aromatic heterocycles. The fraction of sp³-hybridized carbons (Fsp3) is 0.342. The number of nitrogens with zero attached hydrogens (tertiary/aromatic N) is 6. The van der Waals surface area contributed by atoms with Gasteiger partial charge in [0.1, 0.15) is 17.3 Å². The molecule has 0 radical (unpaired) electrons. The van der Waals surface area contributed by atoms with Gasteiger partial charge >= 0.3 is 5.97 Å². The summed E-state index contributed by atoms with van der Waals surface area (Å²) in [6.45, 7) is 10.1. The van der Waals surface area contributed by atoms with Gasteiger partial charge in [-0.25, -0.2) is 9.18 Å². The first kappa shape index (κ1) is 34.1. The molecule has 0 aliphatic carbocycles. The Kier molecular flexibility index (Phi) is 9.17. The smallest absolute Gasteiger partial charge is 0.352 e. The number of carboxylic acid groups (broad SMARTS) is 1. The van der Waals surface area contributed by atoms with Gasteiger partial charge in [0, 0.05) is 94.2 Å². The highest BCUT2D eigenvalue weighted by molar-refractivity contribution is 7.98. The number of carboxylic acids is 1. The van der Waals surface area contributed by atoms with Crippen LogP contribution in [-0.4, -0.2) is 52.8 Å². The van der Waals surface area contributed by atoms with Crippen molar-refractivity contribution in [2.45, 2.75) is 70.4 Å². The summed E-state index contributed by atoms with van der Waals surface area (Å²) in [7, 11) is 3.89. The van der Waals surface area contributed by atoms with E-state index >= 15 is 0 Å². The standard InChI is InChI=1S/C38H40ClFN6O3S/c1-21(2)45-18-26-16-27(44(6)41-26)20-50-28-15-24-14-25(40)8-9-29(24)33(17-28)49-13-7-12-46-32-11-10-30(39)36(34(32)22(3)37(46)38(47)48)35-23(4)43(5)42-31(35)19-45/h8-11,14-17,21H,7,12-13,18-20H2,1-6H3,(H,47,48). The van der Waals surface area contributed by atoms with Gasteiger partial charge in [0.2, 0.25) is 0 Å². The third-order valence-electron chi connectivity index (χ3n) is 9.78. The van der Waals surface area contributed by atoms with Crippen LogP contribution in [0.1, 0.15) is 59.1 Å². The number of carbonyl (C=O) groups is 1. The number of hydrogen-bond acceptors (Lipinski definition) is 6. The molecule has 260 valence electrons. The minimum atomic E-state index is -1.00. The highest BCUT2D eigenvalue weighted by atomic mass is 35.5. The van der Waals surface area contributed by atoms with Crippen LogP contribution in [0, 0.1) is 19.7 Å². The summed E-state index contributed by atoms with van der Waals surface area (Å²) in [6, 6.07) is 14.8. The molecule has 0 amide bonds. The van der Waals surface area contributed by atoms with Gasteiger partial charge in [0.25, 0.3) is 0 Å². The van der Waals surface area contributed by atoms with Crippen molar-refractivity contribution < 1.29 is 19.0 Å². The number of hydrogen-bond donors (Lipinski definition) is 1. The fourth-order valence-electron chi connectivity index (χ4n) is 7.13. The molecule has 50 heavy (non-hydrogen) atoms. The summed E-state index contributed by atoms with van der Waals surface area (Å²) in [6.07, 6.45) is 0.542. The molecule has 0 saturated carbocycles. The van der Waals surface area contributed by atoms with E-state index in [0.29, 0.717) is 54.8 Å². The minimum absolute atomic E-state index is 0.177. The molecule has 6 aromatic rings. The quantitative estimate of drug-likeness (QED) is 0.192. The topological polar surface area (TPSA) is 90.3 Å². The van der Waals surface area contributed by atoms with E-state index < -0.39 is 5.97 Å². The van der Waals surface area contributed by atoms with Crippen molar-refractivity contribution in [2.24, 2.45) is 14.1 Å². The molecule has 7 rings (SSSR count). The van der Waals surface area contributed by atoms with Crippen molar-refractivity contribution in [1.29, 1.82) is 0 Å². The van der Waals surface area contributed by atoms with Gasteiger partial charge < -0.3 is 14.4 Å². The number of thioether (sulfide) groups is 1. The molecule has 4 heterocycles. The number of aromatic nitrogens is 5. The number of aromatic carboxylic acids is 1. The second kappa shape index (κ2) is 13.4. The Morgan fingerprint density at radius 3 is 2.58 bits per heavy atom. The normalized spacial score (nSPS) is 14.7. The van der Waals surface area contributed by atoms with Gasteiger partial charge in [-0.3, -0.25) is 14.3 Å². The molecule has 0 unspecified atom stereocenters. The number of ether oxygens (including phenoxy) is 1. The second-order valence-electron chi connectivity index (χ2n) is 13.3. The Hall–Kier alpha value is -4.32. The predicted octanol–water partition coefficient (Wildman–Crippen LogP) is 8.52. The van der Waals surface area contributed by atoms with E-state index in [4.69, 9.17) is 26.5 Å². The third-order valence-corrected chi connectivity index (χ3v) is 11.1. The molecular weight excluding hydrogens is 675 g/mol. The molecule has 1 aliphatic rings. The lowest BCUT2D eigenvalue weighted by molar-refractivity contribution is 0.0684. The van der Waals surface area contributed by atoms with Gasteiger partial charge in [-0.05, 0) is 93.6 Å². The molecule has 0 saturated heterocycles. The van der Waals surface area contributed by atoms with E-state index in [1.54, 1.807) is 17.8 Å². The summed E-state index contributed by atoms with van der Waals surface area (Å²) in [5, 5.41) is 23.3. The molecule has 12 heteroatoms. The van der Waals surface area contributed by atoms with Crippen molar-refractivity contribution in [2.75, 3.05) is 6.61 Å². The molecule has 0 fully saturated rings. The van der Waals surface area contributed by atoms with Crippen LogP contribution < -0.4 is 4.74 Å². The van der Waals surface area contributed by atoms with Crippen LogP contribution in [0.2, 0.25) is 5.02 Å². The monoisotopic (exact) mass is 714 g/mol. The highest BCUT2D eigenvalue weighted by Gasteiger charge is 2.28. The van der Waals surface area contributed by atoms with Crippen LogP contribution in [0.15, 0.2) is 53.4 Å². The average molecular weight is 715 g/mol. The molecule has 8 bridgehead atoms. The Labute approximate surface area is 299 Å². The molecule has 1 N–H and O–H groups in total. The van der Waals surface area contributed by atoms with Gasteiger partial charge in [0.15, 0.2) is 0 Å². The number of aryl methyl sites for hydroxylation is 4. The summed E-state index contributed by atoms with van der Waals surface area (Å²) in [5.41, 5.74) is 7.21. The van der Waals surface area contributed by atoms with Gasteiger partial charge in [-0.2, -0.15) is 10.2 Å². The van der Waals surface area contributed by atoms with Crippen LogP contribution in [-0.2, 0) is 39.5 Å². The zero-order valence-electron chi connectivity index (χ0n) is 29.0. The van der Waals surface area contributed by atoms with Crippen molar-refractivity contribution >= 4 is 51.0 Å². The number of benzene rings is 3. The van der Waals surface area contributed by atoms with Crippen molar-refractivity contribution in [3.05, 3.63) is 93.4 Å². The first-order valence-corrected chi connectivity index (χ1v) is 18.1. The van der Waals surface area contributed by atoms with E-state index in [1.807, 2.05) is 66.1 Å². The molecule has 3 aromatic carbocycles. The first-order chi connectivity index (χ1) is 23.9. The number of rotatable bonds is 2. The zero-order valence-corrected chi connectivity index (χ0v) is 30.6. The molecule has 1 aliphatic heterocycles. The Morgan fingerprint density at radius 2 is 1.82 bits per heavy atom. The van der Waals surface area contributed by atoms with Crippen molar-refractivity contribution in [1.82, 2.24) is 29.0 Å². The molecule has 9 nitrogen and oxygen atoms in total. The Bertz CT molecular complexity index is 2290. The van der Waals surface area contributed by atoms with E-state index in [-0.39, 0.29) is 17.6 Å². The number of fused-ring (bicyclic) bond motifs is 8. The van der Waals surface area contributed by atoms with Crippen LogP contribution in [0.3, 0.4) is 0 Å². The lowest BCUT2D eigenvalue weighted by Crippen LogP contribution is -2.30. The maximum atomic E-state index is 14.4. The minimum Gasteiger partial charge on any atom is -0.493 e. The highest BCUT2D eigenvalue weighted by Crippen LogP contribution is 2.43. The summed E-state index contributed by atoms with van der Waals surface area (Å²) in [5.74, 6) is 0.0227. The predicted molar refractivity (Wildman–Crippen MR) is 197 cm³/mol. The Balaban J connectivity index is 1.40. The Morgan fingerprint density at radius 1 is 1.02 bits per heavy atom. The van der Waals surface area contributed by atoms with Gasteiger partial charge in [0.05, 0.1) is 18.0 Å². The second-order valence-corrected chi connectivity index (χ2v) is 14.8. The summed E-state index contributed by atoms with van der Waals surface area (Å²) >= 11 is 8.71. The van der Waals surface area contributed by atoms with E-state index in [0.717, 1.165) is 60.5 Å². The lowest BCUT2D eigenvalue weighted by atomic mass is 9.96. The number of halogens is 2. The van der Waals surface area contributed by atoms with Gasteiger partial charge in [-0.1, -0.05) is 11.6 Å². The van der Waals surface area contributed by atoms with Crippen LogP contribution >= 0.6 is 23.4 Å². The van der Waals surface area contributed by atoms with E-state index in [9.17, 15) is 14.3 Å². The molecule has 0 spiro atoms. The largest absolute Gasteiger partial charge is 0.493 e. The molecule has 0 atom stereocenters. The first-order valence-electron chi connectivity index (χ1n) is 16.7. The van der Waals surface area contributed by atoms with E-state index in [2.05, 4.69) is 24.8 Å². The summed E-state index contributed by atoms with van der Waals surface area (Å²) in [4.78, 5) is 16.1. The van der Waals surface area contributed by atoms with Gasteiger partial charge in [-0.15, -0.1) is 11.8 Å². The fourth-order valence-corrected chi connectivity index (χ4v) is 8.36. The lowest BCUT2D eigenvalue weighted by Gasteiger charge is -2.25. The van der Waals surface area contributed by atoms with Crippen LogP contribution in [0.5, 0.6) is 5.75 Å². The zero-order chi connectivity index (χ0) is 35.4.